The average Bonchev–Trinajstić information content (AvgIpc) is 3.67. The van der Waals surface area contributed by atoms with Gasteiger partial charge in [0.1, 0.15) is 24.3 Å². The molecule has 0 amide bonds. The van der Waals surface area contributed by atoms with Gasteiger partial charge < -0.3 is 20.1 Å². The van der Waals surface area contributed by atoms with Crippen LogP contribution in [-0.2, 0) is 0 Å². The fraction of sp³-hybridized carbons (Fsp3) is 0. The number of fused-ring (bicyclic) bond motifs is 6. The maximum absolute atomic E-state index is 9.52. The van der Waals surface area contributed by atoms with Crippen LogP contribution in [0.5, 0.6) is 11.5 Å². The van der Waals surface area contributed by atoms with E-state index in [9.17, 15) is 21.0 Å². The third kappa shape index (κ3) is 3.51. The number of hydrogen-bond donors (Lipinski definition) is 2. The highest BCUT2D eigenvalue weighted by Crippen LogP contribution is 2.55. The van der Waals surface area contributed by atoms with Gasteiger partial charge in [0.05, 0.1) is 11.4 Å². The van der Waals surface area contributed by atoms with E-state index >= 15 is 0 Å². The van der Waals surface area contributed by atoms with Crippen molar-refractivity contribution in [1.29, 1.82) is 21.0 Å². The molecule has 8 heteroatoms. The maximum atomic E-state index is 9.52. The van der Waals surface area contributed by atoms with Crippen molar-refractivity contribution in [3.63, 3.8) is 0 Å². The van der Waals surface area contributed by atoms with Gasteiger partial charge in [-0.15, -0.1) is 0 Å². The fourth-order valence-electron chi connectivity index (χ4n) is 5.55. The van der Waals surface area contributed by atoms with Crippen LogP contribution in [-0.4, -0.2) is 0 Å². The molecule has 42 heavy (non-hydrogen) atoms. The quantitative estimate of drug-likeness (QED) is 0.174. The Balaban J connectivity index is 1.68. The van der Waals surface area contributed by atoms with Crippen molar-refractivity contribution in [3.8, 4) is 58.0 Å². The number of hydrogen-bond acceptors (Lipinski definition) is 8. The molecule has 0 fully saturated rings. The molecule has 0 aliphatic carbocycles. The van der Waals surface area contributed by atoms with E-state index in [2.05, 4.69) is 10.6 Å². The van der Waals surface area contributed by atoms with Crippen molar-refractivity contribution >= 4 is 32.9 Å². The summed E-state index contributed by atoms with van der Waals surface area (Å²) in [6.45, 7) is 0. The van der Waals surface area contributed by atoms with Crippen molar-refractivity contribution in [3.05, 3.63) is 108 Å². The SMILES string of the molecule is N#CC(C#N)=C1Nc2ccc3c(-c4ccccc4)c4c5c(ccc4c(-c4ccccc4)c3c2O1)NC(=C(C#N)C#N)O5. The van der Waals surface area contributed by atoms with Gasteiger partial charge in [0.25, 0.3) is 0 Å². The molecule has 2 aliphatic heterocycles. The number of nitrogens with one attached hydrogen (secondary N) is 2. The molecule has 7 rings (SSSR count). The molecule has 5 aromatic rings. The number of ether oxygens (including phenoxy) is 2. The summed E-state index contributed by atoms with van der Waals surface area (Å²) in [5.74, 6) is 1.17. The van der Waals surface area contributed by atoms with E-state index < -0.39 is 0 Å². The van der Waals surface area contributed by atoms with Crippen LogP contribution in [0.1, 0.15) is 0 Å². The molecule has 0 saturated carbocycles. The third-order valence-corrected chi connectivity index (χ3v) is 7.28. The number of anilines is 2. The van der Waals surface area contributed by atoms with Gasteiger partial charge >= 0.3 is 0 Å². The molecule has 2 aliphatic rings. The first kappa shape index (κ1) is 24.3. The van der Waals surface area contributed by atoms with Crippen LogP contribution >= 0.6 is 0 Å². The van der Waals surface area contributed by atoms with E-state index in [1.807, 2.05) is 109 Å². The highest BCUT2D eigenvalue weighted by Gasteiger charge is 2.31. The first-order chi connectivity index (χ1) is 20.7. The highest BCUT2D eigenvalue weighted by molar-refractivity contribution is 6.26. The van der Waals surface area contributed by atoms with Gasteiger partial charge in [0.15, 0.2) is 22.6 Å². The van der Waals surface area contributed by atoms with Gasteiger partial charge in [-0.05, 0) is 34.0 Å². The zero-order valence-electron chi connectivity index (χ0n) is 21.7. The largest absolute Gasteiger partial charge is 0.436 e. The predicted octanol–water partition coefficient (Wildman–Crippen LogP) is 7.45. The Hall–Kier alpha value is -6.74. The fourth-order valence-corrected chi connectivity index (χ4v) is 5.55. The van der Waals surface area contributed by atoms with Crippen LogP contribution in [0.4, 0.5) is 11.4 Å². The lowest BCUT2D eigenvalue weighted by Crippen LogP contribution is -2.00. The number of rotatable bonds is 2. The Labute approximate surface area is 239 Å². The topological polar surface area (TPSA) is 138 Å². The van der Waals surface area contributed by atoms with E-state index in [1.165, 1.54) is 0 Å². The van der Waals surface area contributed by atoms with Crippen LogP contribution < -0.4 is 20.1 Å². The Morgan fingerprint density at radius 3 is 1.24 bits per heavy atom. The van der Waals surface area contributed by atoms with Gasteiger partial charge in [-0.3, -0.25) is 0 Å². The summed E-state index contributed by atoms with van der Waals surface area (Å²) in [6.07, 6.45) is 0. The van der Waals surface area contributed by atoms with Crippen molar-refractivity contribution in [2.75, 3.05) is 10.6 Å². The van der Waals surface area contributed by atoms with E-state index in [-0.39, 0.29) is 22.9 Å². The second-order valence-corrected chi connectivity index (χ2v) is 9.52. The molecule has 8 nitrogen and oxygen atoms in total. The molecule has 194 valence electrons. The molecule has 0 aromatic heterocycles. The Kier molecular flexibility index (Phi) is 5.48. The number of nitrogens with zero attached hydrogens (tertiary/aromatic N) is 4. The summed E-state index contributed by atoms with van der Waals surface area (Å²) in [4.78, 5) is 0. The maximum Gasteiger partial charge on any atom is 0.226 e. The van der Waals surface area contributed by atoms with E-state index in [0.717, 1.165) is 43.8 Å². The first-order valence-electron chi connectivity index (χ1n) is 12.9. The van der Waals surface area contributed by atoms with E-state index in [0.29, 0.717) is 22.9 Å². The summed E-state index contributed by atoms with van der Waals surface area (Å²) in [5.41, 5.74) is 4.50. The van der Waals surface area contributed by atoms with Gasteiger partial charge in [-0.25, -0.2) is 0 Å². The van der Waals surface area contributed by atoms with Crippen molar-refractivity contribution in [2.24, 2.45) is 0 Å². The third-order valence-electron chi connectivity index (χ3n) is 7.28. The second kappa shape index (κ2) is 9.47. The van der Waals surface area contributed by atoms with Crippen molar-refractivity contribution < 1.29 is 9.47 Å². The molecule has 2 N–H and O–H groups in total. The highest BCUT2D eigenvalue weighted by atomic mass is 16.5. The summed E-state index contributed by atoms with van der Waals surface area (Å²) in [7, 11) is 0. The normalized spacial score (nSPS) is 12.4. The van der Waals surface area contributed by atoms with E-state index in [1.54, 1.807) is 0 Å². The molecular weight excluding hydrogens is 524 g/mol. The second-order valence-electron chi connectivity index (χ2n) is 9.52. The molecule has 5 aromatic carbocycles. The molecule has 0 unspecified atom stereocenters. The van der Waals surface area contributed by atoms with Gasteiger partial charge in [0, 0.05) is 21.9 Å². The van der Waals surface area contributed by atoms with Crippen molar-refractivity contribution in [1.82, 2.24) is 0 Å². The number of benzene rings is 5. The summed E-state index contributed by atoms with van der Waals surface area (Å²) in [6, 6.07) is 35.0. The summed E-state index contributed by atoms with van der Waals surface area (Å²) >= 11 is 0. The minimum atomic E-state index is -0.160. The molecular formula is C34H16N6O2. The molecule has 0 radical (unpaired) electrons. The van der Waals surface area contributed by atoms with Crippen LogP contribution in [0.2, 0.25) is 0 Å². The Bertz CT molecular complexity index is 2030. The monoisotopic (exact) mass is 540 g/mol. The number of allylic oxidation sites excluding steroid dienone is 2. The smallest absolute Gasteiger partial charge is 0.226 e. The van der Waals surface area contributed by atoms with Crippen LogP contribution in [0, 0.1) is 45.3 Å². The standard InChI is InChI=1S/C34H16N6O2/c35-15-21(16-36)33-39-25-14-12-24-28(20-9-5-2-6-10-20)30-23(11-13-26-32(30)42-34(40-26)22(17-37)18-38)27(29(24)31(25)41-33)19-7-3-1-4-8-19/h1-14,39-40H. The zero-order valence-corrected chi connectivity index (χ0v) is 21.7. The summed E-state index contributed by atoms with van der Waals surface area (Å²) < 4.78 is 12.5. The zero-order chi connectivity index (χ0) is 28.8. The van der Waals surface area contributed by atoms with Gasteiger partial charge in [-0.2, -0.15) is 21.0 Å². The van der Waals surface area contributed by atoms with Gasteiger partial charge in [-0.1, -0.05) is 72.8 Å². The molecule has 0 spiro atoms. The lowest BCUT2D eigenvalue weighted by molar-refractivity contribution is 0.459. The average molecular weight is 541 g/mol. The molecule has 0 saturated heterocycles. The minimum absolute atomic E-state index is 0.0830. The minimum Gasteiger partial charge on any atom is -0.436 e. The lowest BCUT2D eigenvalue weighted by atomic mass is 9.84. The molecule has 0 atom stereocenters. The number of nitriles is 4. The van der Waals surface area contributed by atoms with E-state index in [4.69, 9.17) is 9.47 Å². The lowest BCUT2D eigenvalue weighted by Gasteiger charge is -2.20. The van der Waals surface area contributed by atoms with Crippen molar-refractivity contribution in [2.45, 2.75) is 0 Å². The molecule has 0 bridgehead atoms. The predicted molar refractivity (Wildman–Crippen MR) is 157 cm³/mol. The van der Waals surface area contributed by atoms with Crippen LogP contribution in [0.25, 0.3) is 43.8 Å². The first-order valence-corrected chi connectivity index (χ1v) is 12.9. The van der Waals surface area contributed by atoms with Gasteiger partial charge in [0.2, 0.25) is 11.8 Å². The van der Waals surface area contributed by atoms with Crippen LogP contribution in [0.3, 0.4) is 0 Å². The molecule has 2 heterocycles. The summed E-state index contributed by atoms with van der Waals surface area (Å²) in [5, 5.41) is 47.5. The Morgan fingerprint density at radius 1 is 0.500 bits per heavy atom. The van der Waals surface area contributed by atoms with Crippen LogP contribution in [0.15, 0.2) is 108 Å². The Morgan fingerprint density at radius 2 is 0.881 bits per heavy atom.